The highest BCUT2D eigenvalue weighted by molar-refractivity contribution is 6.04. The predicted molar refractivity (Wildman–Crippen MR) is 82.5 cm³/mol. The summed E-state index contributed by atoms with van der Waals surface area (Å²) < 4.78 is 0. The topological polar surface area (TPSA) is 17.1 Å². The van der Waals surface area contributed by atoms with E-state index in [1.807, 2.05) is 6.07 Å². The summed E-state index contributed by atoms with van der Waals surface area (Å²) in [4.78, 5) is 12.7. The number of hydrogen-bond acceptors (Lipinski definition) is 1. The Hall–Kier alpha value is -1.37. The van der Waals surface area contributed by atoms with Crippen LogP contribution in [0, 0.1) is 16.7 Å². The summed E-state index contributed by atoms with van der Waals surface area (Å²) in [5.74, 6) is 0.905. The molecule has 1 aromatic carbocycles. The maximum atomic E-state index is 12.7. The lowest BCUT2D eigenvalue weighted by Crippen LogP contribution is -2.32. The molecular formula is C19H24O. The molecule has 20 heavy (non-hydrogen) atoms. The zero-order chi connectivity index (χ0) is 14.4. The maximum absolute atomic E-state index is 12.7. The second-order valence-corrected chi connectivity index (χ2v) is 7.16. The van der Waals surface area contributed by atoms with E-state index in [2.05, 4.69) is 51.1 Å². The number of aryl methyl sites for hydroxylation is 1. The van der Waals surface area contributed by atoms with E-state index in [9.17, 15) is 4.79 Å². The van der Waals surface area contributed by atoms with Gasteiger partial charge < -0.3 is 0 Å². The predicted octanol–water partition coefficient (Wildman–Crippen LogP) is 4.57. The van der Waals surface area contributed by atoms with Crippen LogP contribution in [0.1, 0.15) is 45.6 Å². The largest absolute Gasteiger partial charge is 0.294 e. The van der Waals surface area contributed by atoms with Gasteiger partial charge in [0.2, 0.25) is 0 Å². The van der Waals surface area contributed by atoms with Crippen molar-refractivity contribution in [3.8, 4) is 0 Å². The number of carbonyl (C=O) groups is 1. The van der Waals surface area contributed by atoms with E-state index in [-0.39, 0.29) is 10.8 Å². The van der Waals surface area contributed by atoms with Crippen LogP contribution < -0.4 is 0 Å². The number of rotatable bonds is 3. The fourth-order valence-electron chi connectivity index (χ4n) is 4.20. The summed E-state index contributed by atoms with van der Waals surface area (Å²) in [6.45, 7) is 6.73. The molecule has 2 saturated carbocycles. The minimum absolute atomic E-state index is 0.115. The Labute approximate surface area is 122 Å². The van der Waals surface area contributed by atoms with Gasteiger partial charge in [-0.05, 0) is 48.2 Å². The average Bonchev–Trinajstić information content (AvgIpc) is 2.74. The lowest BCUT2D eigenvalue weighted by molar-refractivity contribution is -0.125. The van der Waals surface area contributed by atoms with Crippen LogP contribution in [0.15, 0.2) is 42.0 Å². The summed E-state index contributed by atoms with van der Waals surface area (Å²) in [6, 6.07) is 10.5. The Kier molecular flexibility index (Phi) is 3.12. The first-order valence-electron chi connectivity index (χ1n) is 7.75. The molecule has 0 spiro atoms. The molecule has 2 fully saturated rings. The first-order valence-corrected chi connectivity index (χ1v) is 7.75. The van der Waals surface area contributed by atoms with E-state index >= 15 is 0 Å². The summed E-state index contributed by atoms with van der Waals surface area (Å²) >= 11 is 0. The summed E-state index contributed by atoms with van der Waals surface area (Å²) in [6.07, 6.45) is 6.49. The third kappa shape index (κ3) is 1.79. The molecule has 0 heterocycles. The number of fused-ring (bicyclic) bond motifs is 2. The molecular weight excluding hydrogens is 244 g/mol. The molecule has 2 unspecified atom stereocenters. The zero-order valence-electron chi connectivity index (χ0n) is 12.8. The van der Waals surface area contributed by atoms with Gasteiger partial charge in [-0.15, -0.1) is 0 Å². The molecule has 2 aliphatic carbocycles. The van der Waals surface area contributed by atoms with Gasteiger partial charge in [-0.2, -0.15) is 0 Å². The molecule has 2 aliphatic rings. The normalized spacial score (nSPS) is 33.0. The molecule has 2 bridgehead atoms. The van der Waals surface area contributed by atoms with Gasteiger partial charge in [0.15, 0.2) is 5.78 Å². The quantitative estimate of drug-likeness (QED) is 0.734. The second kappa shape index (κ2) is 4.58. The van der Waals surface area contributed by atoms with Crippen molar-refractivity contribution in [3.63, 3.8) is 0 Å². The van der Waals surface area contributed by atoms with Crippen molar-refractivity contribution in [1.82, 2.24) is 0 Å². The number of carbonyl (C=O) groups excluding carboxylic acids is 1. The van der Waals surface area contributed by atoms with Gasteiger partial charge in [-0.25, -0.2) is 0 Å². The molecule has 0 amide bonds. The van der Waals surface area contributed by atoms with Crippen LogP contribution in [0.4, 0.5) is 0 Å². The fourth-order valence-corrected chi connectivity index (χ4v) is 4.20. The molecule has 0 aromatic heterocycles. The third-order valence-electron chi connectivity index (χ3n) is 6.01. The highest BCUT2D eigenvalue weighted by Crippen LogP contribution is 2.65. The minimum Gasteiger partial charge on any atom is -0.294 e. The van der Waals surface area contributed by atoms with Crippen molar-refractivity contribution in [2.75, 3.05) is 0 Å². The van der Waals surface area contributed by atoms with Crippen molar-refractivity contribution in [1.29, 1.82) is 0 Å². The number of benzene rings is 1. The van der Waals surface area contributed by atoms with E-state index in [1.165, 1.54) is 12.0 Å². The molecule has 0 aliphatic heterocycles. The fraction of sp³-hybridized carbons (Fsp3) is 0.526. The van der Waals surface area contributed by atoms with Gasteiger partial charge >= 0.3 is 0 Å². The van der Waals surface area contributed by atoms with Gasteiger partial charge in [-0.1, -0.05) is 57.2 Å². The van der Waals surface area contributed by atoms with Gasteiger partial charge in [0.1, 0.15) is 0 Å². The van der Waals surface area contributed by atoms with Gasteiger partial charge in [0.05, 0.1) is 0 Å². The second-order valence-electron chi connectivity index (χ2n) is 7.16. The molecule has 0 N–H and O–H groups in total. The van der Waals surface area contributed by atoms with Crippen LogP contribution in [0.2, 0.25) is 0 Å². The average molecular weight is 268 g/mol. The first-order chi connectivity index (χ1) is 9.47. The molecule has 1 nitrogen and oxygen atoms in total. The maximum Gasteiger partial charge on any atom is 0.165 e. The van der Waals surface area contributed by atoms with E-state index in [0.29, 0.717) is 11.7 Å². The standard InChI is InChI=1S/C19H24O/c1-18(2)16-12-13-19(18,3)17(20)15(16)11-7-10-14-8-5-4-6-9-14/h4-6,8-9,11,16H,7,10,12-13H2,1-3H3/b15-11-. The van der Waals surface area contributed by atoms with Crippen molar-refractivity contribution >= 4 is 5.78 Å². The number of hydrogen-bond donors (Lipinski definition) is 0. The van der Waals surface area contributed by atoms with Crippen LogP contribution in [0.25, 0.3) is 0 Å². The summed E-state index contributed by atoms with van der Waals surface area (Å²) in [5, 5.41) is 0. The number of ketones is 1. The highest BCUT2D eigenvalue weighted by Gasteiger charge is 2.63. The van der Waals surface area contributed by atoms with E-state index in [4.69, 9.17) is 0 Å². The SMILES string of the molecule is CC12CCC(/C(=C/CCc3ccccc3)C1=O)C2(C)C. The van der Waals surface area contributed by atoms with Crippen molar-refractivity contribution in [3.05, 3.63) is 47.5 Å². The Morgan fingerprint density at radius 2 is 1.90 bits per heavy atom. The molecule has 0 radical (unpaired) electrons. The number of Topliss-reactive ketones (excluding diaryl/α,β-unsaturated/α-hetero) is 1. The Balaban J connectivity index is 1.76. The minimum atomic E-state index is -0.115. The summed E-state index contributed by atoms with van der Waals surface area (Å²) in [5.41, 5.74) is 2.50. The first kappa shape index (κ1) is 13.6. The van der Waals surface area contributed by atoms with Crippen LogP contribution in [0.5, 0.6) is 0 Å². The van der Waals surface area contributed by atoms with Gasteiger partial charge in [0, 0.05) is 5.41 Å². The van der Waals surface area contributed by atoms with Crippen LogP contribution >= 0.6 is 0 Å². The van der Waals surface area contributed by atoms with E-state index in [1.54, 1.807) is 0 Å². The van der Waals surface area contributed by atoms with Crippen LogP contribution in [-0.4, -0.2) is 5.78 Å². The molecule has 1 aromatic rings. The lowest BCUT2D eigenvalue weighted by atomic mass is 9.70. The van der Waals surface area contributed by atoms with E-state index < -0.39 is 0 Å². The van der Waals surface area contributed by atoms with Gasteiger partial charge in [0.25, 0.3) is 0 Å². The molecule has 106 valence electrons. The van der Waals surface area contributed by atoms with Crippen molar-refractivity contribution in [2.24, 2.45) is 16.7 Å². The van der Waals surface area contributed by atoms with Crippen LogP contribution in [0.3, 0.4) is 0 Å². The highest BCUT2D eigenvalue weighted by atomic mass is 16.1. The molecule has 0 saturated heterocycles. The Morgan fingerprint density at radius 3 is 2.50 bits per heavy atom. The lowest BCUT2D eigenvalue weighted by Gasteiger charge is -2.31. The molecule has 1 heteroatoms. The van der Waals surface area contributed by atoms with Crippen molar-refractivity contribution in [2.45, 2.75) is 46.5 Å². The monoisotopic (exact) mass is 268 g/mol. The number of allylic oxidation sites excluding steroid dienone is 2. The smallest absolute Gasteiger partial charge is 0.165 e. The van der Waals surface area contributed by atoms with Crippen LogP contribution in [-0.2, 0) is 11.2 Å². The molecule has 2 atom stereocenters. The Bertz CT molecular complexity index is 552. The molecule has 3 rings (SSSR count). The zero-order valence-corrected chi connectivity index (χ0v) is 12.8. The Morgan fingerprint density at radius 1 is 1.20 bits per heavy atom. The van der Waals surface area contributed by atoms with Gasteiger partial charge in [-0.3, -0.25) is 4.79 Å². The van der Waals surface area contributed by atoms with Crippen molar-refractivity contribution < 1.29 is 4.79 Å². The van der Waals surface area contributed by atoms with E-state index in [0.717, 1.165) is 24.8 Å². The summed E-state index contributed by atoms with van der Waals surface area (Å²) in [7, 11) is 0. The third-order valence-corrected chi connectivity index (χ3v) is 6.01.